The van der Waals surface area contributed by atoms with Crippen LogP contribution in [0.25, 0.3) is 0 Å². The molecule has 1 saturated heterocycles. The summed E-state index contributed by atoms with van der Waals surface area (Å²) in [6.07, 6.45) is 4.64. The molecule has 0 bridgehead atoms. The SMILES string of the molecule is CCC(CC)CNC(=O)C1NCCCC1C. The average Bonchev–Trinajstić information content (AvgIpc) is 2.30. The molecule has 0 aliphatic carbocycles. The Morgan fingerprint density at radius 1 is 1.44 bits per heavy atom. The minimum atomic E-state index is 0.0307. The van der Waals surface area contributed by atoms with E-state index in [-0.39, 0.29) is 11.9 Å². The van der Waals surface area contributed by atoms with Crippen LogP contribution in [0.15, 0.2) is 0 Å². The van der Waals surface area contributed by atoms with Gasteiger partial charge in [-0.15, -0.1) is 0 Å². The summed E-state index contributed by atoms with van der Waals surface area (Å²) in [5.74, 6) is 1.29. The highest BCUT2D eigenvalue weighted by Gasteiger charge is 2.27. The van der Waals surface area contributed by atoms with Gasteiger partial charge in [0.05, 0.1) is 6.04 Å². The van der Waals surface area contributed by atoms with Crippen LogP contribution in [0.1, 0.15) is 46.5 Å². The van der Waals surface area contributed by atoms with Crippen LogP contribution in [0.5, 0.6) is 0 Å². The first-order valence-electron chi connectivity index (χ1n) is 6.70. The van der Waals surface area contributed by atoms with Crippen molar-refractivity contribution in [2.45, 2.75) is 52.5 Å². The second-order valence-corrected chi connectivity index (χ2v) is 4.98. The van der Waals surface area contributed by atoms with E-state index in [0.29, 0.717) is 11.8 Å². The van der Waals surface area contributed by atoms with Gasteiger partial charge in [-0.1, -0.05) is 33.6 Å². The highest BCUT2D eigenvalue weighted by atomic mass is 16.2. The monoisotopic (exact) mass is 226 g/mol. The van der Waals surface area contributed by atoms with E-state index < -0.39 is 0 Å². The number of hydrogen-bond donors (Lipinski definition) is 2. The molecule has 1 rings (SSSR count). The Hall–Kier alpha value is -0.570. The largest absolute Gasteiger partial charge is 0.354 e. The fourth-order valence-corrected chi connectivity index (χ4v) is 2.33. The molecule has 1 amide bonds. The van der Waals surface area contributed by atoms with E-state index in [4.69, 9.17) is 0 Å². The Labute approximate surface area is 99.4 Å². The first kappa shape index (κ1) is 13.5. The molecule has 0 spiro atoms. The Kier molecular flexibility index (Phi) is 5.81. The molecule has 2 N–H and O–H groups in total. The van der Waals surface area contributed by atoms with Crippen molar-refractivity contribution < 1.29 is 4.79 Å². The Morgan fingerprint density at radius 3 is 2.69 bits per heavy atom. The first-order chi connectivity index (χ1) is 7.69. The molecule has 94 valence electrons. The molecule has 0 aromatic carbocycles. The summed E-state index contributed by atoms with van der Waals surface area (Å²) in [6.45, 7) is 8.33. The predicted octanol–water partition coefficient (Wildman–Crippen LogP) is 1.93. The zero-order valence-electron chi connectivity index (χ0n) is 10.9. The zero-order valence-corrected chi connectivity index (χ0v) is 10.9. The lowest BCUT2D eigenvalue weighted by atomic mass is 9.92. The Morgan fingerprint density at radius 2 is 2.12 bits per heavy atom. The summed E-state index contributed by atoms with van der Waals surface area (Å²) >= 11 is 0. The molecule has 3 heteroatoms. The standard InChI is InChI=1S/C13H26N2O/c1-4-11(5-2)9-15-13(16)12-10(3)7-6-8-14-12/h10-12,14H,4-9H2,1-3H3,(H,15,16). The van der Waals surface area contributed by atoms with Crippen LogP contribution in [0.2, 0.25) is 0 Å². The van der Waals surface area contributed by atoms with Crippen molar-refractivity contribution in [1.29, 1.82) is 0 Å². The molecule has 0 radical (unpaired) electrons. The van der Waals surface area contributed by atoms with Gasteiger partial charge in [0.25, 0.3) is 0 Å². The lowest BCUT2D eigenvalue weighted by Gasteiger charge is -2.29. The molecule has 0 aromatic rings. The normalized spacial score (nSPS) is 25.8. The average molecular weight is 226 g/mol. The maximum atomic E-state index is 12.0. The minimum absolute atomic E-state index is 0.0307. The van der Waals surface area contributed by atoms with Crippen LogP contribution < -0.4 is 10.6 Å². The molecule has 3 nitrogen and oxygen atoms in total. The summed E-state index contributed by atoms with van der Waals surface area (Å²) in [7, 11) is 0. The molecule has 0 saturated carbocycles. The van der Waals surface area contributed by atoms with Gasteiger partial charge < -0.3 is 10.6 Å². The van der Waals surface area contributed by atoms with Crippen LogP contribution in [0.3, 0.4) is 0 Å². The highest BCUT2D eigenvalue weighted by Crippen LogP contribution is 2.15. The highest BCUT2D eigenvalue weighted by molar-refractivity contribution is 5.82. The van der Waals surface area contributed by atoms with Crippen molar-refractivity contribution in [3.05, 3.63) is 0 Å². The van der Waals surface area contributed by atoms with Gasteiger partial charge in [-0.3, -0.25) is 4.79 Å². The van der Waals surface area contributed by atoms with Crippen LogP contribution >= 0.6 is 0 Å². The van der Waals surface area contributed by atoms with Crippen molar-refractivity contribution in [1.82, 2.24) is 10.6 Å². The van der Waals surface area contributed by atoms with Crippen molar-refractivity contribution in [3.63, 3.8) is 0 Å². The maximum Gasteiger partial charge on any atom is 0.237 e. The fraction of sp³-hybridized carbons (Fsp3) is 0.923. The third kappa shape index (κ3) is 3.78. The van der Waals surface area contributed by atoms with Crippen LogP contribution in [-0.4, -0.2) is 25.0 Å². The van der Waals surface area contributed by atoms with E-state index in [0.717, 1.165) is 32.4 Å². The van der Waals surface area contributed by atoms with Gasteiger partial charge in [-0.05, 0) is 31.2 Å². The third-order valence-corrected chi connectivity index (χ3v) is 3.77. The first-order valence-corrected chi connectivity index (χ1v) is 6.70. The van der Waals surface area contributed by atoms with Gasteiger partial charge in [0, 0.05) is 6.54 Å². The second-order valence-electron chi connectivity index (χ2n) is 4.98. The van der Waals surface area contributed by atoms with E-state index in [2.05, 4.69) is 31.4 Å². The van der Waals surface area contributed by atoms with Crippen molar-refractivity contribution >= 4 is 5.91 Å². The number of carbonyl (C=O) groups excluding carboxylic acids is 1. The van der Waals surface area contributed by atoms with Crippen LogP contribution in [0.4, 0.5) is 0 Å². The molecule has 1 heterocycles. The Bertz CT molecular complexity index is 214. The van der Waals surface area contributed by atoms with Crippen molar-refractivity contribution in [3.8, 4) is 0 Å². The molecule has 1 aliphatic heterocycles. The number of nitrogens with one attached hydrogen (secondary N) is 2. The quantitative estimate of drug-likeness (QED) is 0.752. The molecular formula is C13H26N2O. The van der Waals surface area contributed by atoms with Gasteiger partial charge in [0.15, 0.2) is 0 Å². The summed E-state index contributed by atoms with van der Waals surface area (Å²) in [6, 6.07) is 0.0307. The van der Waals surface area contributed by atoms with Crippen LogP contribution in [0, 0.1) is 11.8 Å². The molecule has 16 heavy (non-hydrogen) atoms. The van der Waals surface area contributed by atoms with E-state index >= 15 is 0 Å². The van der Waals surface area contributed by atoms with Gasteiger partial charge in [0.1, 0.15) is 0 Å². The number of amides is 1. The maximum absolute atomic E-state index is 12.0. The van der Waals surface area contributed by atoms with Gasteiger partial charge in [0.2, 0.25) is 5.91 Å². The molecule has 2 unspecified atom stereocenters. The number of piperidine rings is 1. The fourth-order valence-electron chi connectivity index (χ4n) is 2.33. The van der Waals surface area contributed by atoms with Crippen LogP contribution in [-0.2, 0) is 4.79 Å². The molecular weight excluding hydrogens is 200 g/mol. The summed E-state index contributed by atoms with van der Waals surface area (Å²) < 4.78 is 0. The second kappa shape index (κ2) is 6.89. The van der Waals surface area contributed by atoms with E-state index in [1.54, 1.807) is 0 Å². The molecule has 2 atom stereocenters. The van der Waals surface area contributed by atoms with E-state index in [1.807, 2.05) is 0 Å². The van der Waals surface area contributed by atoms with Gasteiger partial charge in [-0.2, -0.15) is 0 Å². The third-order valence-electron chi connectivity index (χ3n) is 3.77. The lowest BCUT2D eigenvalue weighted by Crippen LogP contribution is -2.51. The minimum Gasteiger partial charge on any atom is -0.354 e. The topological polar surface area (TPSA) is 41.1 Å². The Balaban J connectivity index is 2.33. The van der Waals surface area contributed by atoms with E-state index in [1.165, 1.54) is 6.42 Å². The van der Waals surface area contributed by atoms with Gasteiger partial charge in [-0.25, -0.2) is 0 Å². The molecule has 1 fully saturated rings. The van der Waals surface area contributed by atoms with Crippen molar-refractivity contribution in [2.24, 2.45) is 11.8 Å². The predicted molar refractivity (Wildman–Crippen MR) is 67.3 cm³/mol. The smallest absolute Gasteiger partial charge is 0.237 e. The summed E-state index contributed by atoms with van der Waals surface area (Å²) in [4.78, 5) is 12.0. The number of hydrogen-bond acceptors (Lipinski definition) is 2. The summed E-state index contributed by atoms with van der Waals surface area (Å²) in [5, 5.41) is 6.40. The van der Waals surface area contributed by atoms with E-state index in [9.17, 15) is 4.79 Å². The van der Waals surface area contributed by atoms with Crippen molar-refractivity contribution in [2.75, 3.05) is 13.1 Å². The number of carbonyl (C=O) groups is 1. The zero-order chi connectivity index (χ0) is 12.0. The van der Waals surface area contributed by atoms with Gasteiger partial charge >= 0.3 is 0 Å². The summed E-state index contributed by atoms with van der Waals surface area (Å²) in [5.41, 5.74) is 0. The molecule has 1 aliphatic rings. The molecule has 0 aromatic heterocycles. The lowest BCUT2D eigenvalue weighted by molar-refractivity contribution is -0.125. The number of rotatable bonds is 5.